The third-order valence-electron chi connectivity index (χ3n) is 3.05. The first-order chi connectivity index (χ1) is 8.97. The lowest BCUT2D eigenvalue weighted by atomic mass is 10.1. The van der Waals surface area contributed by atoms with Crippen molar-refractivity contribution in [2.75, 3.05) is 26.3 Å². The topological polar surface area (TPSA) is 45.7 Å². The van der Waals surface area contributed by atoms with Gasteiger partial charge in [0.2, 0.25) is 0 Å². The van der Waals surface area contributed by atoms with Crippen LogP contribution in [-0.4, -0.2) is 38.3 Å². The van der Waals surface area contributed by atoms with Gasteiger partial charge in [-0.15, -0.1) is 24.0 Å². The molecule has 0 amide bonds. The minimum absolute atomic E-state index is 0. The Kier molecular flexibility index (Phi) is 15.5. The van der Waals surface area contributed by atoms with E-state index in [1.54, 1.807) is 0 Å². The van der Waals surface area contributed by atoms with Crippen molar-refractivity contribution in [1.82, 2.24) is 10.6 Å². The van der Waals surface area contributed by atoms with Crippen LogP contribution < -0.4 is 10.6 Å². The summed E-state index contributed by atoms with van der Waals surface area (Å²) in [6.07, 6.45) is 1.12. The highest BCUT2D eigenvalue weighted by atomic mass is 127. The van der Waals surface area contributed by atoms with Crippen LogP contribution in [0.2, 0.25) is 0 Å². The fourth-order valence-electron chi connectivity index (χ4n) is 1.35. The van der Waals surface area contributed by atoms with Crippen molar-refractivity contribution >= 4 is 29.9 Å². The van der Waals surface area contributed by atoms with Crippen molar-refractivity contribution in [1.29, 1.82) is 0 Å². The van der Waals surface area contributed by atoms with Crippen molar-refractivity contribution in [3.63, 3.8) is 0 Å². The molecule has 4 nitrogen and oxygen atoms in total. The van der Waals surface area contributed by atoms with E-state index in [0.717, 1.165) is 25.5 Å². The molecule has 0 aromatic heterocycles. The molecule has 1 unspecified atom stereocenters. The Labute approximate surface area is 142 Å². The predicted molar refractivity (Wildman–Crippen MR) is 99.1 cm³/mol. The highest BCUT2D eigenvalue weighted by molar-refractivity contribution is 14.0. The van der Waals surface area contributed by atoms with Gasteiger partial charge in [0.1, 0.15) is 0 Å². The third kappa shape index (κ3) is 13.0. The van der Waals surface area contributed by atoms with Gasteiger partial charge in [0.05, 0.1) is 13.2 Å². The fraction of sp³-hybridized carbons (Fsp3) is 0.933. The molecule has 5 heteroatoms. The highest BCUT2D eigenvalue weighted by Gasteiger charge is 2.08. The van der Waals surface area contributed by atoms with E-state index in [0.29, 0.717) is 31.0 Å². The zero-order chi connectivity index (χ0) is 14.7. The summed E-state index contributed by atoms with van der Waals surface area (Å²) in [5, 5.41) is 6.67. The van der Waals surface area contributed by atoms with Crippen LogP contribution in [0.25, 0.3) is 0 Å². The van der Waals surface area contributed by atoms with Crippen molar-refractivity contribution in [2.24, 2.45) is 16.8 Å². The van der Waals surface area contributed by atoms with E-state index >= 15 is 0 Å². The molecular formula is C15H34IN3O. The standard InChI is InChI=1S/C15H33N3O.HI/c1-7-16-15(18-14(6)13(4)5)17-9-11-19-10-8-12(2)3;/h12-14H,7-11H2,1-6H3,(H2,16,17,18);1H. The Bertz CT molecular complexity index is 245. The highest BCUT2D eigenvalue weighted by Crippen LogP contribution is 2.00. The maximum absolute atomic E-state index is 5.56. The first-order valence-corrected chi connectivity index (χ1v) is 7.59. The van der Waals surface area contributed by atoms with Gasteiger partial charge < -0.3 is 15.4 Å². The van der Waals surface area contributed by atoms with Crippen molar-refractivity contribution < 1.29 is 4.74 Å². The Morgan fingerprint density at radius 2 is 1.75 bits per heavy atom. The molecule has 0 bridgehead atoms. The molecule has 0 heterocycles. The van der Waals surface area contributed by atoms with E-state index in [4.69, 9.17) is 4.74 Å². The van der Waals surface area contributed by atoms with Crippen molar-refractivity contribution in [2.45, 2.75) is 54.0 Å². The monoisotopic (exact) mass is 399 g/mol. The molecule has 122 valence electrons. The van der Waals surface area contributed by atoms with Gasteiger partial charge in [-0.05, 0) is 32.1 Å². The molecule has 0 aliphatic rings. The van der Waals surface area contributed by atoms with Crippen LogP contribution in [-0.2, 0) is 4.74 Å². The van der Waals surface area contributed by atoms with E-state index in [9.17, 15) is 0 Å². The molecule has 0 rings (SSSR count). The molecule has 1 atom stereocenters. The number of aliphatic imine (C=N–C) groups is 1. The van der Waals surface area contributed by atoms with Gasteiger partial charge in [0.15, 0.2) is 5.96 Å². The second-order valence-corrected chi connectivity index (χ2v) is 5.73. The van der Waals surface area contributed by atoms with Gasteiger partial charge in [-0.25, -0.2) is 0 Å². The molecule has 2 N–H and O–H groups in total. The van der Waals surface area contributed by atoms with Crippen molar-refractivity contribution in [3.8, 4) is 0 Å². The lowest BCUT2D eigenvalue weighted by Crippen LogP contribution is -2.44. The number of halogens is 1. The van der Waals surface area contributed by atoms with Crippen LogP contribution in [0.3, 0.4) is 0 Å². The largest absolute Gasteiger partial charge is 0.380 e. The zero-order valence-corrected chi connectivity index (χ0v) is 16.4. The molecule has 0 saturated carbocycles. The molecule has 0 saturated heterocycles. The van der Waals surface area contributed by atoms with Crippen LogP contribution in [0.1, 0.15) is 48.0 Å². The predicted octanol–water partition coefficient (Wildman–Crippen LogP) is 3.27. The summed E-state index contributed by atoms with van der Waals surface area (Å²) < 4.78 is 5.56. The molecule has 0 radical (unpaired) electrons. The lowest BCUT2D eigenvalue weighted by molar-refractivity contribution is 0.130. The Morgan fingerprint density at radius 3 is 2.25 bits per heavy atom. The summed E-state index contributed by atoms with van der Waals surface area (Å²) in [7, 11) is 0. The van der Waals surface area contributed by atoms with Gasteiger partial charge in [-0.3, -0.25) is 4.99 Å². The quantitative estimate of drug-likeness (QED) is 0.271. The zero-order valence-electron chi connectivity index (χ0n) is 14.0. The number of ether oxygens (including phenoxy) is 1. The van der Waals surface area contributed by atoms with E-state index in [2.05, 4.69) is 57.2 Å². The molecular weight excluding hydrogens is 365 g/mol. The lowest BCUT2D eigenvalue weighted by Gasteiger charge is -2.20. The van der Waals surface area contributed by atoms with Crippen LogP contribution in [0, 0.1) is 11.8 Å². The summed E-state index contributed by atoms with van der Waals surface area (Å²) >= 11 is 0. The maximum atomic E-state index is 5.56. The van der Waals surface area contributed by atoms with Gasteiger partial charge in [-0.2, -0.15) is 0 Å². The number of hydrogen-bond donors (Lipinski definition) is 2. The summed E-state index contributed by atoms with van der Waals surface area (Å²) in [6.45, 7) is 16.2. The molecule has 0 fully saturated rings. The summed E-state index contributed by atoms with van der Waals surface area (Å²) in [4.78, 5) is 4.52. The molecule has 0 spiro atoms. The minimum atomic E-state index is 0. The Balaban J connectivity index is 0. The van der Waals surface area contributed by atoms with E-state index < -0.39 is 0 Å². The first kappa shape index (κ1) is 22.2. The summed E-state index contributed by atoms with van der Waals surface area (Å²) in [5.41, 5.74) is 0. The Morgan fingerprint density at radius 1 is 1.10 bits per heavy atom. The second-order valence-electron chi connectivity index (χ2n) is 5.73. The van der Waals surface area contributed by atoms with Crippen molar-refractivity contribution in [3.05, 3.63) is 0 Å². The SMILES string of the molecule is CCNC(=NCCOCCC(C)C)NC(C)C(C)C.I. The van der Waals surface area contributed by atoms with Gasteiger partial charge in [-0.1, -0.05) is 27.7 Å². The Hall–Kier alpha value is -0.0400. The third-order valence-corrected chi connectivity index (χ3v) is 3.05. The molecule has 0 aromatic carbocycles. The fourth-order valence-corrected chi connectivity index (χ4v) is 1.35. The number of hydrogen-bond acceptors (Lipinski definition) is 2. The second kappa shape index (κ2) is 13.9. The van der Waals surface area contributed by atoms with E-state index in [1.165, 1.54) is 0 Å². The van der Waals surface area contributed by atoms with Crippen LogP contribution >= 0.6 is 24.0 Å². The number of rotatable bonds is 9. The van der Waals surface area contributed by atoms with E-state index in [1.807, 2.05) is 0 Å². The number of nitrogens with zero attached hydrogens (tertiary/aromatic N) is 1. The first-order valence-electron chi connectivity index (χ1n) is 7.59. The molecule has 0 aliphatic heterocycles. The average molecular weight is 399 g/mol. The van der Waals surface area contributed by atoms with Crippen LogP contribution in [0.5, 0.6) is 0 Å². The van der Waals surface area contributed by atoms with Gasteiger partial charge in [0.25, 0.3) is 0 Å². The normalized spacial score (nSPS) is 13.3. The van der Waals surface area contributed by atoms with E-state index in [-0.39, 0.29) is 24.0 Å². The van der Waals surface area contributed by atoms with Gasteiger partial charge >= 0.3 is 0 Å². The maximum Gasteiger partial charge on any atom is 0.191 e. The summed E-state index contributed by atoms with van der Waals surface area (Å²) in [6, 6.07) is 0.416. The number of guanidine groups is 1. The molecule has 20 heavy (non-hydrogen) atoms. The van der Waals surface area contributed by atoms with Crippen LogP contribution in [0.15, 0.2) is 4.99 Å². The number of nitrogens with one attached hydrogen (secondary N) is 2. The van der Waals surface area contributed by atoms with Gasteiger partial charge in [0, 0.05) is 19.2 Å². The molecule has 0 aromatic rings. The summed E-state index contributed by atoms with van der Waals surface area (Å²) in [5.74, 6) is 2.18. The molecule has 0 aliphatic carbocycles. The smallest absolute Gasteiger partial charge is 0.191 e. The van der Waals surface area contributed by atoms with Crippen LogP contribution in [0.4, 0.5) is 0 Å². The minimum Gasteiger partial charge on any atom is -0.380 e. The average Bonchev–Trinajstić information content (AvgIpc) is 2.33.